The summed E-state index contributed by atoms with van der Waals surface area (Å²) in [5, 5.41) is 12.5. The van der Waals surface area contributed by atoms with Crippen LogP contribution in [0, 0.1) is 0 Å². The summed E-state index contributed by atoms with van der Waals surface area (Å²) in [4.78, 5) is 11.0. The number of aromatic carboxylic acids is 1. The van der Waals surface area contributed by atoms with Gasteiger partial charge < -0.3 is 14.4 Å². The second-order valence-electron chi connectivity index (χ2n) is 4.11. The van der Waals surface area contributed by atoms with E-state index in [1.807, 2.05) is 0 Å². The van der Waals surface area contributed by atoms with E-state index in [9.17, 15) is 13.2 Å². The van der Waals surface area contributed by atoms with Crippen LogP contribution in [0.5, 0.6) is 5.95 Å². The predicted molar refractivity (Wildman–Crippen MR) is 73.6 cm³/mol. The molecule has 1 aromatic carbocycles. The third-order valence-corrected chi connectivity index (χ3v) is 4.21. The van der Waals surface area contributed by atoms with E-state index < -0.39 is 15.8 Å². The Morgan fingerprint density at radius 3 is 2.57 bits per heavy atom. The molecule has 0 unspecified atom stereocenters. The highest BCUT2D eigenvalue weighted by Crippen LogP contribution is 2.37. The van der Waals surface area contributed by atoms with Gasteiger partial charge in [-0.05, 0) is 12.1 Å². The normalized spacial score (nSPS) is 11.4. The molecule has 0 atom stereocenters. The van der Waals surface area contributed by atoms with E-state index in [0.717, 1.165) is 12.3 Å². The molecule has 0 amide bonds. The molecule has 7 nitrogen and oxygen atoms in total. The maximum Gasteiger partial charge on any atom is 0.337 e. The van der Waals surface area contributed by atoms with Gasteiger partial charge in [0.25, 0.3) is 0 Å². The monoisotopic (exact) mass is 331 g/mol. The lowest BCUT2D eigenvalue weighted by Crippen LogP contribution is -2.05. The SMILES string of the molecule is COc1cc(-c2c(S(C)(=O)=O)ccc(C(=O)O)c2Cl)no1. The minimum absolute atomic E-state index is 0.0360. The zero-order chi connectivity index (χ0) is 15.8. The highest BCUT2D eigenvalue weighted by molar-refractivity contribution is 7.90. The third-order valence-electron chi connectivity index (χ3n) is 2.68. The first-order valence-electron chi connectivity index (χ1n) is 5.52. The number of carboxylic acid groups (broad SMARTS) is 1. The van der Waals surface area contributed by atoms with E-state index in [-0.39, 0.29) is 32.7 Å². The van der Waals surface area contributed by atoms with E-state index in [2.05, 4.69) is 5.16 Å². The van der Waals surface area contributed by atoms with E-state index in [0.29, 0.717) is 0 Å². The summed E-state index contributed by atoms with van der Waals surface area (Å²) in [7, 11) is -2.30. The molecule has 9 heteroatoms. The maximum absolute atomic E-state index is 11.8. The van der Waals surface area contributed by atoms with E-state index >= 15 is 0 Å². The number of rotatable bonds is 4. The molecule has 0 aliphatic rings. The summed E-state index contributed by atoms with van der Waals surface area (Å²) < 4.78 is 33.3. The van der Waals surface area contributed by atoms with Crippen molar-refractivity contribution in [2.24, 2.45) is 0 Å². The van der Waals surface area contributed by atoms with Crippen molar-refractivity contribution >= 4 is 27.4 Å². The van der Waals surface area contributed by atoms with Crippen LogP contribution in [0.25, 0.3) is 11.3 Å². The molecule has 0 fully saturated rings. The van der Waals surface area contributed by atoms with E-state index in [1.165, 1.54) is 19.2 Å². The zero-order valence-corrected chi connectivity index (χ0v) is 12.5. The molecule has 1 N–H and O–H groups in total. The summed E-state index contributed by atoms with van der Waals surface area (Å²) in [5.41, 5.74) is -0.201. The van der Waals surface area contributed by atoms with Gasteiger partial charge in [-0.2, -0.15) is 0 Å². The second kappa shape index (κ2) is 5.38. The number of aromatic nitrogens is 1. The molecule has 0 spiro atoms. The van der Waals surface area contributed by atoms with Crippen LogP contribution in [0.4, 0.5) is 0 Å². The van der Waals surface area contributed by atoms with Crippen molar-refractivity contribution in [1.29, 1.82) is 0 Å². The Bertz CT molecular complexity index is 811. The molecule has 0 radical (unpaired) electrons. The molecule has 0 saturated carbocycles. The minimum Gasteiger partial charge on any atom is -0.478 e. The number of halogens is 1. The lowest BCUT2D eigenvalue weighted by atomic mass is 10.1. The van der Waals surface area contributed by atoms with Gasteiger partial charge in [-0.3, -0.25) is 0 Å². The summed E-state index contributed by atoms with van der Waals surface area (Å²) >= 11 is 6.03. The number of hydrogen-bond donors (Lipinski definition) is 1. The van der Waals surface area contributed by atoms with E-state index in [1.54, 1.807) is 0 Å². The third kappa shape index (κ3) is 2.86. The number of carboxylic acids is 1. The number of nitrogens with zero attached hydrogens (tertiary/aromatic N) is 1. The highest BCUT2D eigenvalue weighted by Gasteiger charge is 2.25. The summed E-state index contributed by atoms with van der Waals surface area (Å²) in [6.45, 7) is 0. The van der Waals surface area contributed by atoms with Crippen molar-refractivity contribution in [2.45, 2.75) is 4.90 Å². The molecule has 112 valence electrons. The van der Waals surface area contributed by atoms with Crippen molar-refractivity contribution in [3.05, 3.63) is 28.8 Å². The first-order valence-corrected chi connectivity index (χ1v) is 7.79. The average Bonchev–Trinajstić information content (AvgIpc) is 2.85. The Morgan fingerprint density at radius 1 is 1.43 bits per heavy atom. The molecule has 0 aliphatic carbocycles. The predicted octanol–water partition coefficient (Wildman–Crippen LogP) is 2.11. The molecule has 0 saturated heterocycles. The lowest BCUT2D eigenvalue weighted by molar-refractivity contribution is 0.0697. The Labute approximate surface area is 125 Å². The summed E-state index contributed by atoms with van der Waals surface area (Å²) in [6.07, 6.45) is 0.986. The van der Waals surface area contributed by atoms with Gasteiger partial charge in [-0.15, -0.1) is 0 Å². The van der Waals surface area contributed by atoms with Crippen LogP contribution < -0.4 is 4.74 Å². The molecule has 2 rings (SSSR count). The first kappa shape index (κ1) is 15.3. The van der Waals surface area contributed by atoms with Crippen molar-refractivity contribution in [2.75, 3.05) is 13.4 Å². The fourth-order valence-corrected chi connectivity index (χ4v) is 3.03. The molecule has 21 heavy (non-hydrogen) atoms. The van der Waals surface area contributed by atoms with Crippen molar-refractivity contribution < 1.29 is 27.6 Å². The molecule has 1 heterocycles. The number of methoxy groups -OCH3 is 1. The summed E-state index contributed by atoms with van der Waals surface area (Å²) in [6, 6.07) is 3.62. The Kier molecular flexibility index (Phi) is 3.93. The molecule has 2 aromatic rings. The molecule has 1 aromatic heterocycles. The standard InChI is InChI=1S/C12H10ClNO6S/c1-19-9-5-7(14-20-9)10-8(21(2,17)18)4-3-6(11(10)13)12(15)16/h3-5H,1-2H3,(H,15,16). The van der Waals surface area contributed by atoms with Crippen LogP contribution in [-0.2, 0) is 9.84 Å². The van der Waals surface area contributed by atoms with Gasteiger partial charge in [-0.25, -0.2) is 13.2 Å². The Balaban J connectivity index is 2.81. The van der Waals surface area contributed by atoms with Crippen LogP contribution in [0.3, 0.4) is 0 Å². The van der Waals surface area contributed by atoms with Crippen LogP contribution >= 0.6 is 11.6 Å². The quantitative estimate of drug-likeness (QED) is 0.914. The maximum atomic E-state index is 11.8. The fourth-order valence-electron chi connectivity index (χ4n) is 1.74. The zero-order valence-electron chi connectivity index (χ0n) is 11.0. The van der Waals surface area contributed by atoms with Crippen LogP contribution in [-0.4, -0.2) is 38.0 Å². The fraction of sp³-hybridized carbons (Fsp3) is 0.167. The number of carbonyl (C=O) groups is 1. The van der Waals surface area contributed by atoms with Gasteiger partial charge in [0.2, 0.25) is 0 Å². The van der Waals surface area contributed by atoms with Crippen LogP contribution in [0.1, 0.15) is 10.4 Å². The molecule has 0 aliphatic heterocycles. The summed E-state index contributed by atoms with van der Waals surface area (Å²) in [5.74, 6) is -1.24. The van der Waals surface area contributed by atoms with Crippen LogP contribution in [0.2, 0.25) is 5.02 Å². The first-order chi connectivity index (χ1) is 9.75. The number of sulfone groups is 1. The second-order valence-corrected chi connectivity index (χ2v) is 6.47. The largest absolute Gasteiger partial charge is 0.478 e. The van der Waals surface area contributed by atoms with Gasteiger partial charge in [-0.1, -0.05) is 16.8 Å². The minimum atomic E-state index is -3.64. The van der Waals surface area contributed by atoms with Crippen molar-refractivity contribution in [1.82, 2.24) is 5.16 Å². The lowest BCUT2D eigenvalue weighted by Gasteiger charge is -2.09. The Hall–Kier alpha value is -2.06. The van der Waals surface area contributed by atoms with Gasteiger partial charge in [0.05, 0.1) is 28.7 Å². The number of hydrogen-bond acceptors (Lipinski definition) is 6. The number of ether oxygens (including phenoxy) is 1. The van der Waals surface area contributed by atoms with Gasteiger partial charge >= 0.3 is 11.9 Å². The highest BCUT2D eigenvalue weighted by atomic mass is 35.5. The van der Waals surface area contributed by atoms with Crippen LogP contribution in [0.15, 0.2) is 27.6 Å². The molecular weight excluding hydrogens is 322 g/mol. The topological polar surface area (TPSA) is 107 Å². The van der Waals surface area contributed by atoms with Crippen molar-refractivity contribution in [3.8, 4) is 17.2 Å². The van der Waals surface area contributed by atoms with Gasteiger partial charge in [0, 0.05) is 11.8 Å². The van der Waals surface area contributed by atoms with Crippen molar-refractivity contribution in [3.63, 3.8) is 0 Å². The van der Waals surface area contributed by atoms with Gasteiger partial charge in [0.1, 0.15) is 5.69 Å². The van der Waals surface area contributed by atoms with E-state index in [4.69, 9.17) is 26.0 Å². The average molecular weight is 332 g/mol. The number of benzene rings is 1. The van der Waals surface area contributed by atoms with Gasteiger partial charge in [0.15, 0.2) is 9.84 Å². The Morgan fingerprint density at radius 2 is 2.10 bits per heavy atom. The smallest absolute Gasteiger partial charge is 0.337 e. The molecular formula is C12H10ClNO6S. The molecule has 0 bridgehead atoms.